The molecule has 49 heavy (non-hydrogen) atoms. The van der Waals surface area contributed by atoms with Crippen molar-refractivity contribution in [1.82, 2.24) is 19.1 Å². The second-order valence-corrected chi connectivity index (χ2v) is 15.7. The van der Waals surface area contributed by atoms with Gasteiger partial charge in [-0.3, -0.25) is 0 Å². The summed E-state index contributed by atoms with van der Waals surface area (Å²) >= 11 is 3.11. The third kappa shape index (κ3) is 16.1. The van der Waals surface area contributed by atoms with Crippen LogP contribution in [0.3, 0.4) is 0 Å². The molecule has 2 N–H and O–H groups in total. The van der Waals surface area contributed by atoms with Crippen molar-refractivity contribution in [1.29, 1.82) is 0 Å². The molecule has 2 aromatic heterocycles. The van der Waals surface area contributed by atoms with Gasteiger partial charge in [0.1, 0.15) is 0 Å². The molecule has 0 aliphatic heterocycles. The van der Waals surface area contributed by atoms with Crippen molar-refractivity contribution in [2.45, 2.75) is 180 Å². The van der Waals surface area contributed by atoms with Crippen LogP contribution in [-0.2, 0) is 0 Å². The Hall–Kier alpha value is -2.26. The predicted molar refractivity (Wildman–Crippen MR) is 213 cm³/mol. The molecule has 0 spiro atoms. The first-order valence-corrected chi connectivity index (χ1v) is 21.6. The number of aromatic nitrogens is 4. The van der Waals surface area contributed by atoms with Crippen LogP contribution in [0.2, 0.25) is 0 Å². The molecule has 1 aromatic carbocycles. The molecule has 2 atom stereocenters. The minimum absolute atomic E-state index is 0.222. The number of hydrogen-bond acceptors (Lipinski definition) is 8. The molecule has 3 aromatic rings. The van der Waals surface area contributed by atoms with Crippen LogP contribution in [0.5, 0.6) is 0 Å². The molecular formula is C40H67N7S2. The van der Waals surface area contributed by atoms with Crippen LogP contribution in [-0.4, -0.2) is 24.9 Å². The molecule has 0 saturated heterocycles. The maximum atomic E-state index is 6.61. The van der Waals surface area contributed by atoms with Gasteiger partial charge in [-0.1, -0.05) is 180 Å². The van der Waals surface area contributed by atoms with Crippen LogP contribution in [0.4, 0.5) is 16.6 Å². The number of anilines is 1. The van der Waals surface area contributed by atoms with E-state index >= 15 is 0 Å². The standard InChI is InChI=1S/C40H67N7S2/c1-5-8-10-12-14-16-17-19-21-24-29-34(28-23-20-18-15-13-11-9-6-2)32-48-40-42-39(49-46-40)44-43-37-36(33(4)27-7-3)45-47(38(37)41)35-30-25-22-26-31-35/h22,25-26,30-31,33-34H,5-21,23-24,27-29,32,41H2,1-4H3/t33-,34?/m1/s1. The van der Waals surface area contributed by atoms with Crippen molar-refractivity contribution in [3.8, 4) is 5.69 Å². The molecule has 3 rings (SSSR count). The molecule has 9 heteroatoms. The van der Waals surface area contributed by atoms with Gasteiger partial charge in [-0.2, -0.15) is 14.5 Å². The molecule has 0 aliphatic rings. The Balaban J connectivity index is 1.54. The van der Waals surface area contributed by atoms with Crippen molar-refractivity contribution in [2.75, 3.05) is 11.5 Å². The first-order chi connectivity index (χ1) is 24.1. The van der Waals surface area contributed by atoms with Gasteiger partial charge in [0.15, 0.2) is 11.5 Å². The van der Waals surface area contributed by atoms with Crippen molar-refractivity contribution >= 4 is 39.9 Å². The lowest BCUT2D eigenvalue weighted by atomic mass is 9.95. The van der Waals surface area contributed by atoms with Crippen LogP contribution in [0.1, 0.15) is 181 Å². The van der Waals surface area contributed by atoms with E-state index in [1.807, 2.05) is 30.3 Å². The van der Waals surface area contributed by atoms with E-state index < -0.39 is 0 Å². The zero-order valence-corrected chi connectivity index (χ0v) is 33.0. The van der Waals surface area contributed by atoms with Crippen molar-refractivity contribution in [3.63, 3.8) is 0 Å². The van der Waals surface area contributed by atoms with Crippen LogP contribution in [0.25, 0.3) is 5.69 Å². The Morgan fingerprint density at radius 1 is 0.714 bits per heavy atom. The number of rotatable bonds is 29. The zero-order valence-electron chi connectivity index (χ0n) is 31.4. The highest BCUT2D eigenvalue weighted by Crippen LogP contribution is 2.37. The van der Waals surface area contributed by atoms with E-state index in [1.54, 1.807) is 16.4 Å². The minimum atomic E-state index is 0.222. The van der Waals surface area contributed by atoms with Gasteiger partial charge in [-0.15, -0.1) is 10.2 Å². The first-order valence-electron chi connectivity index (χ1n) is 19.9. The van der Waals surface area contributed by atoms with Gasteiger partial charge in [0.2, 0.25) is 10.3 Å². The van der Waals surface area contributed by atoms with E-state index in [2.05, 4.69) is 42.3 Å². The van der Waals surface area contributed by atoms with Gasteiger partial charge in [0.25, 0.3) is 0 Å². The molecule has 1 unspecified atom stereocenters. The van der Waals surface area contributed by atoms with E-state index in [-0.39, 0.29) is 5.92 Å². The van der Waals surface area contributed by atoms with Crippen LogP contribution in [0.15, 0.2) is 45.7 Å². The summed E-state index contributed by atoms with van der Waals surface area (Å²) in [7, 11) is 0. The van der Waals surface area contributed by atoms with Gasteiger partial charge in [-0.05, 0) is 37.3 Å². The van der Waals surface area contributed by atoms with Crippen molar-refractivity contribution in [2.24, 2.45) is 16.1 Å². The number of unbranched alkanes of at least 4 members (excludes halogenated alkanes) is 16. The average Bonchev–Trinajstić information content (AvgIpc) is 3.71. The van der Waals surface area contributed by atoms with Gasteiger partial charge in [0, 0.05) is 23.2 Å². The van der Waals surface area contributed by atoms with Crippen molar-refractivity contribution < 1.29 is 0 Å². The largest absolute Gasteiger partial charge is 0.382 e. The lowest BCUT2D eigenvalue weighted by molar-refractivity contribution is 0.435. The fourth-order valence-electron chi connectivity index (χ4n) is 6.60. The number of benzene rings is 1. The summed E-state index contributed by atoms with van der Waals surface area (Å²) in [6.45, 7) is 8.96. The molecular weight excluding hydrogens is 643 g/mol. The SMILES string of the molecule is CCCCCCCCCCCCC(CCCCCCCCCC)CSc1nsc(N=Nc2c([C@H](C)CCC)nn(-c3ccccc3)c2N)n1. The molecule has 2 heterocycles. The summed E-state index contributed by atoms with van der Waals surface area (Å²) in [4.78, 5) is 4.75. The Bertz CT molecular complexity index is 1270. The Labute approximate surface area is 307 Å². The van der Waals surface area contributed by atoms with Gasteiger partial charge in [-0.25, -0.2) is 4.68 Å². The number of thioether (sulfide) groups is 1. The average molecular weight is 710 g/mol. The molecule has 0 saturated carbocycles. The van der Waals surface area contributed by atoms with E-state index in [1.165, 1.54) is 140 Å². The van der Waals surface area contributed by atoms with Crippen LogP contribution in [0, 0.1) is 5.92 Å². The molecule has 0 aliphatic carbocycles. The Morgan fingerprint density at radius 2 is 1.27 bits per heavy atom. The predicted octanol–water partition coefficient (Wildman–Crippen LogP) is 14.2. The summed E-state index contributed by atoms with van der Waals surface area (Å²) in [5, 5.41) is 15.4. The maximum Gasteiger partial charge on any atom is 0.250 e. The number of nitrogens with two attached hydrogens (primary N) is 1. The first kappa shape index (κ1) is 41.2. The molecule has 274 valence electrons. The summed E-state index contributed by atoms with van der Waals surface area (Å²) in [6.07, 6.45) is 29.6. The summed E-state index contributed by atoms with van der Waals surface area (Å²) in [6, 6.07) is 9.98. The van der Waals surface area contributed by atoms with Gasteiger partial charge >= 0.3 is 0 Å². The quantitative estimate of drug-likeness (QED) is 0.0440. The highest BCUT2D eigenvalue weighted by Gasteiger charge is 2.21. The third-order valence-electron chi connectivity index (χ3n) is 9.62. The van der Waals surface area contributed by atoms with Crippen LogP contribution >= 0.6 is 23.3 Å². The van der Waals surface area contributed by atoms with E-state index in [0.717, 1.165) is 41.1 Å². The fraction of sp³-hybridized carbons (Fsp3) is 0.725. The lowest BCUT2D eigenvalue weighted by Crippen LogP contribution is -2.05. The third-order valence-corrected chi connectivity index (χ3v) is 11.4. The number of azo groups is 1. The lowest BCUT2D eigenvalue weighted by Gasteiger charge is -2.16. The number of nitrogens with zero attached hydrogens (tertiary/aromatic N) is 6. The number of para-hydroxylation sites is 1. The topological polar surface area (TPSA) is 94.3 Å². The highest BCUT2D eigenvalue weighted by molar-refractivity contribution is 7.99. The monoisotopic (exact) mass is 709 g/mol. The second-order valence-electron chi connectivity index (χ2n) is 14.0. The molecule has 7 nitrogen and oxygen atoms in total. The minimum Gasteiger partial charge on any atom is -0.382 e. The molecule has 0 fully saturated rings. The van der Waals surface area contributed by atoms with Crippen LogP contribution < -0.4 is 5.73 Å². The van der Waals surface area contributed by atoms with Gasteiger partial charge in [0.05, 0.1) is 11.4 Å². The van der Waals surface area contributed by atoms with E-state index in [0.29, 0.717) is 16.6 Å². The molecule has 0 radical (unpaired) electrons. The summed E-state index contributed by atoms with van der Waals surface area (Å²) < 4.78 is 6.43. The smallest absolute Gasteiger partial charge is 0.250 e. The fourth-order valence-corrected chi connectivity index (χ4v) is 8.25. The summed E-state index contributed by atoms with van der Waals surface area (Å²) in [5.74, 6) is 2.53. The Morgan fingerprint density at radius 3 is 1.82 bits per heavy atom. The number of nitrogen functional groups attached to an aromatic ring is 1. The molecule has 0 bridgehead atoms. The normalized spacial score (nSPS) is 13.1. The summed E-state index contributed by atoms with van der Waals surface area (Å²) in [5.41, 5.74) is 9.04. The highest BCUT2D eigenvalue weighted by atomic mass is 32.2. The second kappa shape index (κ2) is 25.7. The van der Waals surface area contributed by atoms with E-state index in [4.69, 9.17) is 15.8 Å². The maximum absolute atomic E-state index is 6.61. The molecule has 0 amide bonds. The van der Waals surface area contributed by atoms with Gasteiger partial charge < -0.3 is 5.73 Å². The Kier molecular flexibility index (Phi) is 21.6. The van der Waals surface area contributed by atoms with Crippen molar-refractivity contribution in [3.05, 3.63) is 36.0 Å². The zero-order chi connectivity index (χ0) is 34.9. The number of hydrogen-bond donors (Lipinski definition) is 1. The van der Waals surface area contributed by atoms with E-state index in [9.17, 15) is 0 Å².